The first-order valence-corrected chi connectivity index (χ1v) is 5.76. The van der Waals surface area contributed by atoms with Gasteiger partial charge in [-0.05, 0) is 12.1 Å². The third kappa shape index (κ3) is 2.23. The normalized spacial score (nSPS) is 10.1. The number of hydrogen-bond donors (Lipinski definition) is 0. The van der Waals surface area contributed by atoms with Crippen LogP contribution in [-0.2, 0) is 4.74 Å². The van der Waals surface area contributed by atoms with Gasteiger partial charge in [-0.15, -0.1) is 11.3 Å². The predicted molar refractivity (Wildman–Crippen MR) is 63.9 cm³/mol. The Hall–Kier alpha value is -1.39. The van der Waals surface area contributed by atoms with Gasteiger partial charge in [-0.3, -0.25) is 0 Å². The molecule has 16 heavy (non-hydrogen) atoms. The molecule has 5 heteroatoms. The Bertz CT molecular complexity index is 524. The Labute approximate surface area is 102 Å². The van der Waals surface area contributed by atoms with Crippen LogP contribution < -0.4 is 0 Å². The summed E-state index contributed by atoms with van der Waals surface area (Å²) in [6.07, 6.45) is 0. The van der Waals surface area contributed by atoms with Gasteiger partial charge >= 0.3 is 5.97 Å². The molecular formula is C11H8ClNO2S. The number of benzene rings is 1. The van der Waals surface area contributed by atoms with Crippen LogP contribution in [0.25, 0.3) is 10.6 Å². The maximum atomic E-state index is 11.2. The van der Waals surface area contributed by atoms with Crippen molar-refractivity contribution in [3.8, 4) is 10.6 Å². The number of carbonyl (C=O) groups excluding carboxylic acids is 1. The topological polar surface area (TPSA) is 39.2 Å². The summed E-state index contributed by atoms with van der Waals surface area (Å²) in [6.45, 7) is 0. The fourth-order valence-corrected chi connectivity index (χ4v) is 2.20. The summed E-state index contributed by atoms with van der Waals surface area (Å²) in [5, 5.41) is 3.07. The van der Waals surface area contributed by atoms with E-state index in [1.165, 1.54) is 18.4 Å². The molecule has 0 fully saturated rings. The van der Waals surface area contributed by atoms with Gasteiger partial charge in [-0.2, -0.15) is 0 Å². The second kappa shape index (κ2) is 4.63. The number of aromatic nitrogens is 1. The van der Waals surface area contributed by atoms with E-state index >= 15 is 0 Å². The maximum Gasteiger partial charge on any atom is 0.357 e. The van der Waals surface area contributed by atoms with Crippen LogP contribution in [-0.4, -0.2) is 18.1 Å². The molecule has 0 N–H and O–H groups in total. The molecule has 0 atom stereocenters. The van der Waals surface area contributed by atoms with Gasteiger partial charge in [0.25, 0.3) is 0 Å². The van der Waals surface area contributed by atoms with Crippen molar-refractivity contribution in [2.45, 2.75) is 0 Å². The van der Waals surface area contributed by atoms with Crippen LogP contribution in [0.4, 0.5) is 0 Å². The van der Waals surface area contributed by atoms with E-state index in [-0.39, 0.29) is 0 Å². The van der Waals surface area contributed by atoms with Crippen LogP contribution >= 0.6 is 22.9 Å². The van der Waals surface area contributed by atoms with E-state index < -0.39 is 5.97 Å². The third-order valence-corrected chi connectivity index (χ3v) is 3.10. The van der Waals surface area contributed by atoms with Gasteiger partial charge in [0.2, 0.25) is 0 Å². The Morgan fingerprint density at radius 3 is 3.00 bits per heavy atom. The molecule has 0 aliphatic rings. The van der Waals surface area contributed by atoms with E-state index in [9.17, 15) is 4.79 Å². The minimum absolute atomic E-state index is 0.322. The lowest BCUT2D eigenvalue weighted by atomic mass is 10.2. The molecule has 0 radical (unpaired) electrons. The van der Waals surface area contributed by atoms with E-state index in [1.54, 1.807) is 17.5 Å². The van der Waals surface area contributed by atoms with Crippen LogP contribution in [0.1, 0.15) is 10.5 Å². The average molecular weight is 254 g/mol. The first-order chi connectivity index (χ1) is 7.70. The molecule has 0 spiro atoms. The largest absolute Gasteiger partial charge is 0.464 e. The molecule has 0 saturated heterocycles. The molecule has 0 saturated carbocycles. The number of nitrogens with zero attached hydrogens (tertiary/aromatic N) is 1. The van der Waals surface area contributed by atoms with Crippen molar-refractivity contribution in [2.75, 3.05) is 7.11 Å². The number of methoxy groups -OCH3 is 1. The SMILES string of the molecule is COC(=O)c1csc(-c2cccc(Cl)c2)n1. The Morgan fingerprint density at radius 1 is 1.50 bits per heavy atom. The van der Waals surface area contributed by atoms with Crippen molar-refractivity contribution in [2.24, 2.45) is 0 Å². The first-order valence-electron chi connectivity index (χ1n) is 4.50. The van der Waals surface area contributed by atoms with Crippen molar-refractivity contribution >= 4 is 28.9 Å². The van der Waals surface area contributed by atoms with Crippen molar-refractivity contribution < 1.29 is 9.53 Å². The van der Waals surface area contributed by atoms with Gasteiger partial charge in [0.1, 0.15) is 5.01 Å². The molecule has 0 amide bonds. The summed E-state index contributed by atoms with van der Waals surface area (Å²) in [5.41, 5.74) is 1.22. The quantitative estimate of drug-likeness (QED) is 0.772. The van der Waals surface area contributed by atoms with Crippen LogP contribution in [0, 0.1) is 0 Å². The highest BCUT2D eigenvalue weighted by molar-refractivity contribution is 7.13. The molecule has 0 unspecified atom stereocenters. The van der Waals surface area contributed by atoms with Crippen molar-refractivity contribution in [3.63, 3.8) is 0 Å². The van der Waals surface area contributed by atoms with E-state index in [4.69, 9.17) is 11.6 Å². The number of carbonyl (C=O) groups is 1. The molecule has 2 rings (SSSR count). The van der Waals surface area contributed by atoms with Gasteiger partial charge in [-0.25, -0.2) is 9.78 Å². The Kier molecular flexibility index (Phi) is 3.22. The summed E-state index contributed by atoms with van der Waals surface area (Å²) in [6, 6.07) is 7.34. The maximum absolute atomic E-state index is 11.2. The molecule has 1 aromatic heterocycles. The van der Waals surface area contributed by atoms with Crippen molar-refractivity contribution in [1.82, 2.24) is 4.98 Å². The molecule has 3 nitrogen and oxygen atoms in total. The van der Waals surface area contributed by atoms with Crippen LogP contribution in [0.3, 0.4) is 0 Å². The van der Waals surface area contributed by atoms with Gasteiger partial charge in [0.05, 0.1) is 7.11 Å². The highest BCUT2D eigenvalue weighted by atomic mass is 35.5. The van der Waals surface area contributed by atoms with Crippen LogP contribution in [0.5, 0.6) is 0 Å². The van der Waals surface area contributed by atoms with E-state index in [2.05, 4.69) is 9.72 Å². The predicted octanol–water partition coefficient (Wildman–Crippen LogP) is 3.25. The molecule has 0 bridgehead atoms. The zero-order valence-electron chi connectivity index (χ0n) is 8.44. The number of ether oxygens (including phenoxy) is 1. The number of halogens is 1. The summed E-state index contributed by atoms with van der Waals surface area (Å²) in [4.78, 5) is 15.4. The van der Waals surface area contributed by atoms with E-state index in [1.807, 2.05) is 12.1 Å². The lowest BCUT2D eigenvalue weighted by molar-refractivity contribution is 0.0595. The standard InChI is InChI=1S/C11H8ClNO2S/c1-15-11(14)9-6-16-10(13-9)7-3-2-4-8(12)5-7/h2-6H,1H3. The monoisotopic (exact) mass is 253 g/mol. The summed E-state index contributed by atoms with van der Waals surface area (Å²) < 4.78 is 4.59. The van der Waals surface area contributed by atoms with Gasteiger partial charge in [0.15, 0.2) is 5.69 Å². The molecular weight excluding hydrogens is 246 g/mol. The second-order valence-corrected chi connectivity index (χ2v) is 4.33. The number of rotatable bonds is 2. The van der Waals surface area contributed by atoms with E-state index in [0.29, 0.717) is 10.7 Å². The lowest BCUT2D eigenvalue weighted by Crippen LogP contribution is -2.00. The zero-order valence-corrected chi connectivity index (χ0v) is 10.0. The van der Waals surface area contributed by atoms with Crippen molar-refractivity contribution in [3.05, 3.63) is 40.4 Å². The van der Waals surface area contributed by atoms with Gasteiger partial charge in [-0.1, -0.05) is 23.7 Å². The van der Waals surface area contributed by atoms with Gasteiger partial charge < -0.3 is 4.74 Å². The molecule has 2 aromatic rings. The third-order valence-electron chi connectivity index (χ3n) is 1.97. The highest BCUT2D eigenvalue weighted by Crippen LogP contribution is 2.26. The molecule has 0 aliphatic carbocycles. The Balaban J connectivity index is 2.35. The number of hydrogen-bond acceptors (Lipinski definition) is 4. The summed E-state index contributed by atoms with van der Waals surface area (Å²) in [5.74, 6) is -0.426. The minimum atomic E-state index is -0.426. The summed E-state index contributed by atoms with van der Waals surface area (Å²) in [7, 11) is 1.33. The molecule has 82 valence electrons. The minimum Gasteiger partial charge on any atom is -0.464 e. The van der Waals surface area contributed by atoms with Crippen LogP contribution in [0.2, 0.25) is 5.02 Å². The van der Waals surface area contributed by atoms with Crippen molar-refractivity contribution in [1.29, 1.82) is 0 Å². The number of esters is 1. The highest BCUT2D eigenvalue weighted by Gasteiger charge is 2.11. The lowest BCUT2D eigenvalue weighted by Gasteiger charge is -1.96. The zero-order chi connectivity index (χ0) is 11.5. The van der Waals surface area contributed by atoms with E-state index in [0.717, 1.165) is 10.6 Å². The van der Waals surface area contributed by atoms with Crippen LogP contribution in [0.15, 0.2) is 29.6 Å². The average Bonchev–Trinajstić information content (AvgIpc) is 2.77. The summed E-state index contributed by atoms with van der Waals surface area (Å²) >= 11 is 7.26. The Morgan fingerprint density at radius 2 is 2.31 bits per heavy atom. The number of thiazole rings is 1. The molecule has 1 aromatic carbocycles. The fourth-order valence-electron chi connectivity index (χ4n) is 1.23. The molecule has 0 aliphatic heterocycles. The molecule has 1 heterocycles. The fraction of sp³-hybridized carbons (Fsp3) is 0.0909. The first kappa shape index (κ1) is 11.1. The van der Waals surface area contributed by atoms with Gasteiger partial charge in [0, 0.05) is 16.0 Å². The smallest absolute Gasteiger partial charge is 0.357 e. The second-order valence-electron chi connectivity index (χ2n) is 3.04.